The van der Waals surface area contributed by atoms with Crippen LogP contribution in [0.1, 0.15) is 16.7 Å². The molecule has 0 fully saturated rings. The molecule has 2 aromatic rings. The molecule has 2 rings (SSSR count). The van der Waals surface area contributed by atoms with Crippen molar-refractivity contribution < 1.29 is 9.47 Å². The highest BCUT2D eigenvalue weighted by Crippen LogP contribution is 2.29. The Labute approximate surface area is 113 Å². The van der Waals surface area contributed by atoms with Crippen molar-refractivity contribution in [3.63, 3.8) is 0 Å². The monoisotopic (exact) mass is 258 g/mol. The van der Waals surface area contributed by atoms with E-state index in [0.29, 0.717) is 18.2 Å². The predicted octanol–water partition coefficient (Wildman–Crippen LogP) is 2.87. The molecule has 1 aromatic carbocycles. The van der Waals surface area contributed by atoms with Gasteiger partial charge in [0.1, 0.15) is 12.4 Å². The van der Waals surface area contributed by atoms with E-state index in [1.807, 2.05) is 38.1 Å². The van der Waals surface area contributed by atoms with E-state index in [1.165, 1.54) is 0 Å². The van der Waals surface area contributed by atoms with Gasteiger partial charge in [-0.3, -0.25) is 0 Å². The van der Waals surface area contributed by atoms with Gasteiger partial charge in [0.25, 0.3) is 0 Å². The predicted molar refractivity (Wildman–Crippen MR) is 75.4 cm³/mol. The van der Waals surface area contributed by atoms with Gasteiger partial charge >= 0.3 is 0 Å². The molecule has 2 N–H and O–H groups in total. The van der Waals surface area contributed by atoms with Crippen LogP contribution in [0, 0.1) is 13.8 Å². The van der Waals surface area contributed by atoms with Gasteiger partial charge in [-0.05, 0) is 43.2 Å². The number of benzene rings is 1. The summed E-state index contributed by atoms with van der Waals surface area (Å²) in [4.78, 5) is 4.13. The van der Waals surface area contributed by atoms with Gasteiger partial charge in [0.2, 0.25) is 5.88 Å². The average Bonchev–Trinajstić information content (AvgIpc) is 2.38. The van der Waals surface area contributed by atoms with Gasteiger partial charge in [-0.2, -0.15) is 0 Å². The molecule has 0 radical (unpaired) electrons. The lowest BCUT2D eigenvalue weighted by Crippen LogP contribution is -2.03. The second-order valence-corrected chi connectivity index (χ2v) is 4.46. The van der Waals surface area contributed by atoms with E-state index in [0.717, 1.165) is 22.4 Å². The highest BCUT2D eigenvalue weighted by atomic mass is 16.5. The first-order valence-corrected chi connectivity index (χ1v) is 6.09. The first-order chi connectivity index (χ1) is 9.11. The lowest BCUT2D eigenvalue weighted by molar-refractivity contribution is 0.293. The smallest absolute Gasteiger partial charge is 0.219 e. The van der Waals surface area contributed by atoms with Crippen LogP contribution in [0.4, 0.5) is 5.69 Å². The largest absolute Gasteiger partial charge is 0.486 e. The fourth-order valence-corrected chi connectivity index (χ4v) is 2.05. The van der Waals surface area contributed by atoms with Crippen molar-refractivity contribution in [1.29, 1.82) is 0 Å². The number of hydrogen-bond donors (Lipinski definition) is 1. The number of hydrogen-bond acceptors (Lipinski definition) is 4. The van der Waals surface area contributed by atoms with Gasteiger partial charge in [-0.1, -0.05) is 6.07 Å². The molecular weight excluding hydrogens is 240 g/mol. The molecule has 0 amide bonds. The van der Waals surface area contributed by atoms with Crippen molar-refractivity contribution in [2.24, 2.45) is 0 Å². The Morgan fingerprint density at radius 3 is 2.74 bits per heavy atom. The molecule has 1 heterocycles. The molecule has 0 unspecified atom stereocenters. The zero-order chi connectivity index (χ0) is 13.8. The van der Waals surface area contributed by atoms with Crippen molar-refractivity contribution in [3.05, 3.63) is 47.2 Å². The lowest BCUT2D eigenvalue weighted by atomic mass is 10.1. The summed E-state index contributed by atoms with van der Waals surface area (Å²) >= 11 is 0. The summed E-state index contributed by atoms with van der Waals surface area (Å²) < 4.78 is 11.0. The Morgan fingerprint density at radius 1 is 1.26 bits per heavy atom. The van der Waals surface area contributed by atoms with Crippen LogP contribution in [-0.4, -0.2) is 12.1 Å². The number of methoxy groups -OCH3 is 1. The summed E-state index contributed by atoms with van der Waals surface area (Å²) in [5, 5.41) is 0. The maximum absolute atomic E-state index is 5.99. The van der Waals surface area contributed by atoms with Crippen LogP contribution in [-0.2, 0) is 6.61 Å². The molecule has 19 heavy (non-hydrogen) atoms. The highest BCUT2D eigenvalue weighted by molar-refractivity contribution is 5.58. The Kier molecular flexibility index (Phi) is 3.90. The van der Waals surface area contributed by atoms with Gasteiger partial charge in [-0.15, -0.1) is 0 Å². The Balaban J connectivity index is 2.19. The molecule has 4 heteroatoms. The zero-order valence-corrected chi connectivity index (χ0v) is 11.4. The van der Waals surface area contributed by atoms with Gasteiger partial charge in [0.05, 0.1) is 18.4 Å². The van der Waals surface area contributed by atoms with Crippen molar-refractivity contribution in [2.45, 2.75) is 20.5 Å². The number of rotatable bonds is 4. The minimum atomic E-state index is 0.380. The number of aryl methyl sites for hydroxylation is 2. The van der Waals surface area contributed by atoms with E-state index in [9.17, 15) is 0 Å². The van der Waals surface area contributed by atoms with E-state index in [1.54, 1.807) is 13.3 Å². The fourth-order valence-electron chi connectivity index (χ4n) is 2.05. The Hall–Kier alpha value is -2.23. The number of nitrogens with two attached hydrogens (primary N) is 1. The van der Waals surface area contributed by atoms with Crippen molar-refractivity contribution in [2.75, 3.05) is 12.8 Å². The molecule has 0 aliphatic heterocycles. The second-order valence-electron chi connectivity index (χ2n) is 4.46. The summed E-state index contributed by atoms with van der Waals surface area (Å²) in [6.45, 7) is 4.38. The van der Waals surface area contributed by atoms with Gasteiger partial charge < -0.3 is 15.2 Å². The molecule has 0 bridgehead atoms. The number of pyridine rings is 1. The highest BCUT2D eigenvalue weighted by Gasteiger charge is 2.08. The van der Waals surface area contributed by atoms with Crippen LogP contribution < -0.4 is 15.2 Å². The number of nitrogen functional groups attached to an aromatic ring is 1. The molecule has 0 spiro atoms. The van der Waals surface area contributed by atoms with Crippen LogP contribution in [0.3, 0.4) is 0 Å². The molecule has 1 aromatic heterocycles. The maximum atomic E-state index is 5.99. The average molecular weight is 258 g/mol. The summed E-state index contributed by atoms with van der Waals surface area (Å²) in [5.41, 5.74) is 9.69. The van der Waals surface area contributed by atoms with E-state index < -0.39 is 0 Å². The Bertz CT molecular complexity index is 559. The van der Waals surface area contributed by atoms with E-state index >= 15 is 0 Å². The van der Waals surface area contributed by atoms with Crippen LogP contribution in [0.2, 0.25) is 0 Å². The summed E-state index contributed by atoms with van der Waals surface area (Å²) in [6, 6.07) is 7.73. The van der Waals surface area contributed by atoms with Crippen molar-refractivity contribution in [3.8, 4) is 11.6 Å². The van der Waals surface area contributed by atoms with Crippen LogP contribution in [0.25, 0.3) is 0 Å². The number of nitrogens with zero attached hydrogens (tertiary/aromatic N) is 1. The number of ether oxygens (including phenoxy) is 2. The fraction of sp³-hybridized carbons (Fsp3) is 0.267. The van der Waals surface area contributed by atoms with Gasteiger partial charge in [0.15, 0.2) is 0 Å². The summed E-state index contributed by atoms with van der Waals surface area (Å²) in [7, 11) is 1.59. The van der Waals surface area contributed by atoms with E-state index in [2.05, 4.69) is 4.98 Å². The number of anilines is 1. The molecule has 0 saturated heterocycles. The summed E-state index contributed by atoms with van der Waals surface area (Å²) in [6.07, 6.45) is 1.69. The lowest BCUT2D eigenvalue weighted by Gasteiger charge is -2.13. The van der Waals surface area contributed by atoms with E-state index in [4.69, 9.17) is 15.2 Å². The molecule has 100 valence electrons. The van der Waals surface area contributed by atoms with Gasteiger partial charge in [0, 0.05) is 6.20 Å². The van der Waals surface area contributed by atoms with Crippen LogP contribution in [0.5, 0.6) is 11.6 Å². The van der Waals surface area contributed by atoms with E-state index in [-0.39, 0.29) is 0 Å². The third-order valence-corrected chi connectivity index (χ3v) is 2.86. The molecule has 0 aliphatic rings. The maximum Gasteiger partial charge on any atom is 0.219 e. The SMILES string of the molecule is COc1ncccc1COc1c(C)cc(C)cc1N. The molecule has 0 atom stereocenters. The minimum absolute atomic E-state index is 0.380. The topological polar surface area (TPSA) is 57.4 Å². The standard InChI is InChI=1S/C15H18N2O2/c1-10-7-11(2)14(13(16)8-10)19-9-12-5-4-6-17-15(12)18-3/h4-8H,9,16H2,1-3H3. The second kappa shape index (κ2) is 5.61. The quantitative estimate of drug-likeness (QED) is 0.857. The summed E-state index contributed by atoms with van der Waals surface area (Å²) in [5.74, 6) is 1.29. The van der Waals surface area contributed by atoms with Crippen molar-refractivity contribution >= 4 is 5.69 Å². The zero-order valence-electron chi connectivity index (χ0n) is 11.4. The van der Waals surface area contributed by atoms with Crippen molar-refractivity contribution in [1.82, 2.24) is 4.98 Å². The number of aromatic nitrogens is 1. The third kappa shape index (κ3) is 2.96. The molecule has 0 saturated carbocycles. The molecular formula is C15H18N2O2. The molecule has 0 aliphatic carbocycles. The van der Waals surface area contributed by atoms with Crippen LogP contribution in [0.15, 0.2) is 30.5 Å². The first kappa shape index (κ1) is 13.2. The Morgan fingerprint density at radius 2 is 2.05 bits per heavy atom. The normalized spacial score (nSPS) is 10.3. The van der Waals surface area contributed by atoms with Crippen LogP contribution >= 0.6 is 0 Å². The molecule has 4 nitrogen and oxygen atoms in total. The third-order valence-electron chi connectivity index (χ3n) is 2.86. The first-order valence-electron chi connectivity index (χ1n) is 6.09. The minimum Gasteiger partial charge on any atom is -0.486 e. The van der Waals surface area contributed by atoms with Gasteiger partial charge in [-0.25, -0.2) is 4.98 Å².